The van der Waals surface area contributed by atoms with Crippen LogP contribution in [0.3, 0.4) is 0 Å². The number of hydrogen-bond acceptors (Lipinski definition) is 4. The van der Waals surface area contributed by atoms with E-state index in [1.165, 1.54) is 0 Å². The summed E-state index contributed by atoms with van der Waals surface area (Å²) >= 11 is 0. The lowest BCUT2D eigenvalue weighted by molar-refractivity contribution is 0.469. The SMILES string of the molecule is C/C(CN(C)C)=N\Nc1ccccn1. The molecule has 1 aromatic rings. The van der Waals surface area contributed by atoms with Crippen molar-refractivity contribution in [1.82, 2.24) is 9.88 Å². The number of pyridine rings is 1. The highest BCUT2D eigenvalue weighted by Gasteiger charge is 1.94. The summed E-state index contributed by atoms with van der Waals surface area (Å²) in [4.78, 5) is 6.17. The third kappa shape index (κ3) is 4.00. The summed E-state index contributed by atoms with van der Waals surface area (Å²) in [5.41, 5.74) is 3.93. The Morgan fingerprint density at radius 2 is 2.29 bits per heavy atom. The van der Waals surface area contributed by atoms with Crippen molar-refractivity contribution >= 4 is 11.5 Å². The van der Waals surface area contributed by atoms with Crippen molar-refractivity contribution in [2.24, 2.45) is 5.10 Å². The third-order valence-electron chi connectivity index (χ3n) is 1.57. The van der Waals surface area contributed by atoms with Gasteiger partial charge in [-0.25, -0.2) is 4.98 Å². The molecule has 0 spiro atoms. The molecule has 0 aliphatic carbocycles. The first-order valence-electron chi connectivity index (χ1n) is 4.53. The van der Waals surface area contributed by atoms with E-state index in [-0.39, 0.29) is 0 Å². The van der Waals surface area contributed by atoms with E-state index in [9.17, 15) is 0 Å². The van der Waals surface area contributed by atoms with Crippen molar-refractivity contribution in [2.75, 3.05) is 26.1 Å². The Kier molecular flexibility index (Phi) is 4.07. The average Bonchev–Trinajstić information content (AvgIpc) is 2.15. The quantitative estimate of drug-likeness (QED) is 0.579. The van der Waals surface area contributed by atoms with Crippen LogP contribution in [0.1, 0.15) is 6.92 Å². The van der Waals surface area contributed by atoms with Crippen LogP contribution in [-0.4, -0.2) is 36.2 Å². The Bertz CT molecular complexity index is 292. The first-order valence-corrected chi connectivity index (χ1v) is 4.53. The molecule has 4 nitrogen and oxygen atoms in total. The lowest BCUT2D eigenvalue weighted by Gasteiger charge is -2.08. The van der Waals surface area contributed by atoms with Crippen LogP contribution in [0, 0.1) is 0 Å². The maximum atomic E-state index is 4.20. The van der Waals surface area contributed by atoms with Gasteiger partial charge in [-0.05, 0) is 33.2 Å². The van der Waals surface area contributed by atoms with Gasteiger partial charge < -0.3 is 4.90 Å². The normalized spacial score (nSPS) is 11.9. The van der Waals surface area contributed by atoms with Gasteiger partial charge in [0.25, 0.3) is 0 Å². The van der Waals surface area contributed by atoms with Crippen molar-refractivity contribution in [1.29, 1.82) is 0 Å². The van der Waals surface area contributed by atoms with E-state index >= 15 is 0 Å². The molecule has 1 aromatic heterocycles. The first kappa shape index (κ1) is 10.7. The van der Waals surface area contributed by atoms with Gasteiger partial charge in [0.05, 0.1) is 0 Å². The molecule has 0 fully saturated rings. The molecular weight excluding hydrogens is 176 g/mol. The minimum atomic E-state index is 0.769. The lowest BCUT2D eigenvalue weighted by Crippen LogP contribution is -2.20. The van der Waals surface area contributed by atoms with Crippen molar-refractivity contribution in [3.8, 4) is 0 Å². The molecule has 0 aliphatic heterocycles. The fourth-order valence-corrected chi connectivity index (χ4v) is 1.07. The van der Waals surface area contributed by atoms with Gasteiger partial charge in [-0.2, -0.15) is 5.10 Å². The van der Waals surface area contributed by atoms with Crippen molar-refractivity contribution in [3.05, 3.63) is 24.4 Å². The minimum Gasteiger partial charge on any atom is -0.304 e. The van der Waals surface area contributed by atoms with Crippen molar-refractivity contribution in [2.45, 2.75) is 6.92 Å². The van der Waals surface area contributed by atoms with Crippen LogP contribution in [-0.2, 0) is 0 Å². The van der Waals surface area contributed by atoms with Crippen LogP contribution in [0.5, 0.6) is 0 Å². The van der Waals surface area contributed by atoms with Crippen molar-refractivity contribution < 1.29 is 0 Å². The number of aromatic nitrogens is 1. The molecule has 4 heteroatoms. The second kappa shape index (κ2) is 5.34. The molecule has 0 aliphatic rings. The Morgan fingerprint density at radius 3 is 2.86 bits per heavy atom. The number of nitrogens with one attached hydrogen (secondary N) is 1. The van der Waals surface area contributed by atoms with Crippen LogP contribution in [0.2, 0.25) is 0 Å². The summed E-state index contributed by atoms with van der Waals surface area (Å²) in [6, 6.07) is 5.68. The van der Waals surface area contributed by atoms with Crippen LogP contribution in [0.15, 0.2) is 29.5 Å². The highest BCUT2D eigenvalue weighted by Crippen LogP contribution is 1.99. The highest BCUT2D eigenvalue weighted by molar-refractivity contribution is 5.84. The summed E-state index contributed by atoms with van der Waals surface area (Å²) in [6.07, 6.45) is 1.74. The lowest BCUT2D eigenvalue weighted by atomic mass is 10.4. The molecule has 1 heterocycles. The van der Waals surface area contributed by atoms with Gasteiger partial charge >= 0.3 is 0 Å². The average molecular weight is 192 g/mol. The summed E-state index contributed by atoms with van der Waals surface area (Å²) in [5.74, 6) is 0.769. The van der Waals surface area contributed by atoms with Crippen molar-refractivity contribution in [3.63, 3.8) is 0 Å². The van der Waals surface area contributed by atoms with Gasteiger partial charge in [0, 0.05) is 18.5 Å². The smallest absolute Gasteiger partial charge is 0.146 e. The fraction of sp³-hybridized carbons (Fsp3) is 0.400. The van der Waals surface area contributed by atoms with Gasteiger partial charge in [-0.3, -0.25) is 5.43 Å². The topological polar surface area (TPSA) is 40.5 Å². The fourth-order valence-electron chi connectivity index (χ4n) is 1.07. The van der Waals surface area contributed by atoms with E-state index in [4.69, 9.17) is 0 Å². The van der Waals surface area contributed by atoms with E-state index in [0.717, 1.165) is 18.1 Å². The maximum absolute atomic E-state index is 4.20. The second-order valence-electron chi connectivity index (χ2n) is 3.41. The Morgan fingerprint density at radius 1 is 1.50 bits per heavy atom. The Labute approximate surface area is 84.7 Å². The van der Waals surface area contributed by atoms with E-state index in [1.54, 1.807) is 6.20 Å². The molecule has 0 saturated carbocycles. The van der Waals surface area contributed by atoms with E-state index in [0.29, 0.717) is 0 Å². The standard InChI is InChI=1S/C10H16N4/c1-9(8-14(2)3)12-13-10-6-4-5-7-11-10/h4-7H,8H2,1-3H3,(H,11,13)/b12-9+. The summed E-state index contributed by atoms with van der Waals surface area (Å²) in [7, 11) is 4.03. The first-order chi connectivity index (χ1) is 6.68. The zero-order chi connectivity index (χ0) is 10.4. The van der Waals surface area contributed by atoms with E-state index in [1.807, 2.05) is 39.2 Å². The van der Waals surface area contributed by atoms with E-state index in [2.05, 4.69) is 20.4 Å². The Balaban J connectivity index is 2.47. The molecule has 0 atom stereocenters. The summed E-state index contributed by atoms with van der Waals surface area (Å²) in [5, 5.41) is 4.20. The number of nitrogens with zero attached hydrogens (tertiary/aromatic N) is 3. The molecule has 1 N–H and O–H groups in total. The van der Waals surface area contributed by atoms with Crippen LogP contribution in [0.25, 0.3) is 0 Å². The maximum Gasteiger partial charge on any atom is 0.146 e. The van der Waals surface area contributed by atoms with Gasteiger partial charge in [-0.15, -0.1) is 0 Å². The molecule has 76 valence electrons. The van der Waals surface area contributed by atoms with Gasteiger partial charge in [0.2, 0.25) is 0 Å². The van der Waals surface area contributed by atoms with Crippen LogP contribution < -0.4 is 5.43 Å². The molecule has 1 rings (SSSR count). The zero-order valence-corrected chi connectivity index (χ0v) is 8.86. The largest absolute Gasteiger partial charge is 0.304 e. The minimum absolute atomic E-state index is 0.769. The summed E-state index contributed by atoms with van der Waals surface area (Å²) < 4.78 is 0. The molecule has 0 unspecified atom stereocenters. The molecule has 0 saturated heterocycles. The monoisotopic (exact) mass is 192 g/mol. The molecule has 0 bridgehead atoms. The predicted octanol–water partition coefficient (Wildman–Crippen LogP) is 1.43. The second-order valence-corrected chi connectivity index (χ2v) is 3.41. The molecule has 0 amide bonds. The number of rotatable bonds is 4. The zero-order valence-electron chi connectivity index (χ0n) is 8.86. The third-order valence-corrected chi connectivity index (χ3v) is 1.57. The number of hydrogen-bond donors (Lipinski definition) is 1. The van der Waals surface area contributed by atoms with E-state index < -0.39 is 0 Å². The molecular formula is C10H16N4. The number of hydrazone groups is 1. The summed E-state index contributed by atoms with van der Waals surface area (Å²) in [6.45, 7) is 2.83. The van der Waals surface area contributed by atoms with Gasteiger partial charge in [0.15, 0.2) is 0 Å². The van der Waals surface area contributed by atoms with Crippen LogP contribution in [0.4, 0.5) is 5.82 Å². The molecule has 0 radical (unpaired) electrons. The highest BCUT2D eigenvalue weighted by atomic mass is 15.3. The molecule has 14 heavy (non-hydrogen) atoms. The predicted molar refractivity (Wildman–Crippen MR) is 59.5 cm³/mol. The molecule has 0 aromatic carbocycles. The van der Waals surface area contributed by atoms with Crippen LogP contribution >= 0.6 is 0 Å². The number of anilines is 1. The Hall–Kier alpha value is -1.42. The van der Waals surface area contributed by atoms with Gasteiger partial charge in [-0.1, -0.05) is 6.07 Å². The van der Waals surface area contributed by atoms with Gasteiger partial charge in [0.1, 0.15) is 5.82 Å².